The van der Waals surface area contributed by atoms with Crippen molar-refractivity contribution in [1.82, 2.24) is 15.0 Å². The Bertz CT molecular complexity index is 730. The van der Waals surface area contributed by atoms with Gasteiger partial charge in [-0.2, -0.15) is 0 Å². The molecule has 0 bridgehead atoms. The Morgan fingerprint density at radius 3 is 2.63 bits per heavy atom. The highest BCUT2D eigenvalue weighted by atomic mass is 35.5. The third-order valence-corrected chi connectivity index (χ3v) is 2.76. The second-order valence-corrected chi connectivity index (χ2v) is 4.27. The van der Waals surface area contributed by atoms with Crippen LogP contribution < -0.4 is 10.5 Å². The summed E-state index contributed by atoms with van der Waals surface area (Å²) in [6, 6.07) is 7.41. The second-order valence-electron chi connectivity index (χ2n) is 3.84. The molecule has 0 spiro atoms. The van der Waals surface area contributed by atoms with Crippen LogP contribution in [0, 0.1) is 0 Å². The predicted molar refractivity (Wildman–Crippen MR) is 73.3 cm³/mol. The highest BCUT2D eigenvalue weighted by Crippen LogP contribution is 2.30. The van der Waals surface area contributed by atoms with Crippen molar-refractivity contribution >= 4 is 28.2 Å². The number of aromatic nitrogens is 3. The van der Waals surface area contributed by atoms with Gasteiger partial charge in [0.2, 0.25) is 0 Å². The summed E-state index contributed by atoms with van der Waals surface area (Å²) in [5.74, 6) is 0.548. The number of fused-ring (bicyclic) bond motifs is 1. The zero-order valence-corrected chi connectivity index (χ0v) is 10.5. The molecule has 0 radical (unpaired) electrons. The molecule has 19 heavy (non-hydrogen) atoms. The van der Waals surface area contributed by atoms with E-state index in [2.05, 4.69) is 15.0 Å². The van der Waals surface area contributed by atoms with Crippen molar-refractivity contribution in [3.63, 3.8) is 0 Å². The quantitative estimate of drug-likeness (QED) is 0.726. The fourth-order valence-electron chi connectivity index (χ4n) is 1.70. The molecular weight excluding hydrogens is 264 g/mol. The minimum atomic E-state index is 0.209. The van der Waals surface area contributed by atoms with Gasteiger partial charge in [-0.1, -0.05) is 11.6 Å². The van der Waals surface area contributed by atoms with Crippen molar-refractivity contribution in [2.75, 3.05) is 5.73 Å². The molecular formula is C13H9ClN4O. The number of pyridine rings is 1. The number of rotatable bonds is 2. The molecule has 3 rings (SSSR count). The third-order valence-electron chi connectivity index (χ3n) is 2.56. The van der Waals surface area contributed by atoms with Gasteiger partial charge in [-0.05, 0) is 24.3 Å². The number of benzene rings is 1. The van der Waals surface area contributed by atoms with Gasteiger partial charge in [0.1, 0.15) is 5.52 Å². The largest absolute Gasteiger partial charge is 0.422 e. The molecule has 0 aliphatic rings. The molecule has 94 valence electrons. The second kappa shape index (κ2) is 4.70. The van der Waals surface area contributed by atoms with E-state index in [1.54, 1.807) is 18.3 Å². The molecule has 5 nitrogen and oxygen atoms in total. The molecule has 1 aromatic carbocycles. The van der Waals surface area contributed by atoms with Crippen LogP contribution in [0.1, 0.15) is 0 Å². The minimum Gasteiger partial charge on any atom is -0.422 e. The first-order valence-corrected chi connectivity index (χ1v) is 5.90. The van der Waals surface area contributed by atoms with E-state index < -0.39 is 0 Å². The van der Waals surface area contributed by atoms with Crippen LogP contribution in [0.4, 0.5) is 5.69 Å². The van der Waals surface area contributed by atoms with E-state index in [0.29, 0.717) is 22.0 Å². The van der Waals surface area contributed by atoms with Gasteiger partial charge in [0.05, 0.1) is 17.4 Å². The standard InChI is InChI=1S/C13H9ClN4O/c14-8-6-17-13(18-7-8)19-11-4-3-10(15)9-2-1-5-16-12(9)11/h1-7H,15H2. The molecule has 6 heteroatoms. The Labute approximate surface area is 114 Å². The first-order chi connectivity index (χ1) is 9.24. The average Bonchev–Trinajstić information content (AvgIpc) is 2.45. The van der Waals surface area contributed by atoms with Gasteiger partial charge in [-0.25, -0.2) is 9.97 Å². The predicted octanol–water partition coefficient (Wildman–Crippen LogP) is 3.05. The lowest BCUT2D eigenvalue weighted by Crippen LogP contribution is -1.95. The van der Waals surface area contributed by atoms with E-state index in [1.807, 2.05) is 12.1 Å². The molecule has 0 fully saturated rings. The first-order valence-electron chi connectivity index (χ1n) is 5.52. The highest BCUT2D eigenvalue weighted by Gasteiger charge is 2.08. The highest BCUT2D eigenvalue weighted by molar-refractivity contribution is 6.30. The SMILES string of the molecule is Nc1ccc(Oc2ncc(Cl)cn2)c2ncccc12. The zero-order chi connectivity index (χ0) is 13.2. The van der Waals surface area contributed by atoms with Crippen LogP contribution in [-0.4, -0.2) is 15.0 Å². The molecule has 0 unspecified atom stereocenters. The van der Waals surface area contributed by atoms with Crippen molar-refractivity contribution in [2.45, 2.75) is 0 Å². The number of nitrogens with zero attached hydrogens (tertiary/aromatic N) is 3. The lowest BCUT2D eigenvalue weighted by molar-refractivity contribution is 0.446. The summed E-state index contributed by atoms with van der Waals surface area (Å²) in [6.45, 7) is 0. The van der Waals surface area contributed by atoms with Gasteiger partial charge in [0, 0.05) is 17.3 Å². The summed E-state index contributed by atoms with van der Waals surface area (Å²) in [4.78, 5) is 12.2. The summed E-state index contributed by atoms with van der Waals surface area (Å²) in [6.07, 6.45) is 4.62. The molecule has 2 aromatic heterocycles. The third kappa shape index (κ3) is 2.28. The van der Waals surface area contributed by atoms with Crippen molar-refractivity contribution in [2.24, 2.45) is 0 Å². The topological polar surface area (TPSA) is 73.9 Å². The smallest absolute Gasteiger partial charge is 0.322 e. The first kappa shape index (κ1) is 11.7. The fraction of sp³-hybridized carbons (Fsp3) is 0. The molecule has 0 saturated heterocycles. The van der Waals surface area contributed by atoms with Crippen LogP contribution in [0.15, 0.2) is 42.9 Å². The van der Waals surface area contributed by atoms with Crippen LogP contribution in [0.3, 0.4) is 0 Å². The van der Waals surface area contributed by atoms with Crippen molar-refractivity contribution < 1.29 is 4.74 Å². The number of anilines is 1. The monoisotopic (exact) mass is 272 g/mol. The van der Waals surface area contributed by atoms with Gasteiger partial charge in [0.15, 0.2) is 5.75 Å². The summed E-state index contributed by atoms with van der Waals surface area (Å²) in [5, 5.41) is 1.28. The molecule has 0 aliphatic carbocycles. The van der Waals surface area contributed by atoms with Crippen molar-refractivity contribution in [3.05, 3.63) is 47.9 Å². The van der Waals surface area contributed by atoms with E-state index in [-0.39, 0.29) is 6.01 Å². The number of hydrogen-bond acceptors (Lipinski definition) is 5. The molecule has 2 N–H and O–H groups in total. The molecule has 0 amide bonds. The van der Waals surface area contributed by atoms with E-state index >= 15 is 0 Å². The fourth-order valence-corrected chi connectivity index (χ4v) is 1.80. The maximum atomic E-state index is 5.89. The molecule has 3 aromatic rings. The lowest BCUT2D eigenvalue weighted by Gasteiger charge is -2.08. The lowest BCUT2D eigenvalue weighted by atomic mass is 10.2. The van der Waals surface area contributed by atoms with Gasteiger partial charge in [-0.3, -0.25) is 4.98 Å². The van der Waals surface area contributed by atoms with Crippen LogP contribution >= 0.6 is 11.6 Å². The van der Waals surface area contributed by atoms with E-state index in [9.17, 15) is 0 Å². The van der Waals surface area contributed by atoms with Crippen LogP contribution in [0.25, 0.3) is 10.9 Å². The van der Waals surface area contributed by atoms with Gasteiger partial charge in [0.25, 0.3) is 0 Å². The number of hydrogen-bond donors (Lipinski definition) is 1. The van der Waals surface area contributed by atoms with Gasteiger partial charge >= 0.3 is 6.01 Å². The molecule has 0 saturated carbocycles. The van der Waals surface area contributed by atoms with Crippen LogP contribution in [0.5, 0.6) is 11.8 Å². The Kier molecular flexibility index (Phi) is 2.89. The summed E-state index contributed by atoms with van der Waals surface area (Å²) < 4.78 is 5.60. The van der Waals surface area contributed by atoms with Gasteiger partial charge < -0.3 is 10.5 Å². The number of nitrogens with two attached hydrogens (primary N) is 1. The average molecular weight is 273 g/mol. The maximum Gasteiger partial charge on any atom is 0.322 e. The number of halogens is 1. The summed E-state index contributed by atoms with van der Waals surface area (Å²) in [5.41, 5.74) is 7.21. The Morgan fingerprint density at radius 2 is 1.84 bits per heavy atom. The van der Waals surface area contributed by atoms with E-state index in [1.165, 1.54) is 12.4 Å². The normalized spacial score (nSPS) is 10.6. The minimum absolute atomic E-state index is 0.209. The van der Waals surface area contributed by atoms with Crippen molar-refractivity contribution in [3.8, 4) is 11.8 Å². The molecule has 0 aliphatic heterocycles. The number of ether oxygens (including phenoxy) is 1. The maximum absolute atomic E-state index is 5.89. The Morgan fingerprint density at radius 1 is 1.05 bits per heavy atom. The van der Waals surface area contributed by atoms with Crippen LogP contribution in [-0.2, 0) is 0 Å². The summed E-state index contributed by atoms with van der Waals surface area (Å²) >= 11 is 5.72. The Hall–Kier alpha value is -2.40. The van der Waals surface area contributed by atoms with E-state index in [4.69, 9.17) is 22.1 Å². The van der Waals surface area contributed by atoms with Gasteiger partial charge in [-0.15, -0.1) is 0 Å². The number of nitrogen functional groups attached to an aromatic ring is 1. The molecule has 2 heterocycles. The van der Waals surface area contributed by atoms with E-state index in [0.717, 1.165) is 5.39 Å². The van der Waals surface area contributed by atoms with Crippen molar-refractivity contribution in [1.29, 1.82) is 0 Å². The summed E-state index contributed by atoms with van der Waals surface area (Å²) in [7, 11) is 0. The Balaban J connectivity index is 2.06. The zero-order valence-electron chi connectivity index (χ0n) is 9.75. The van der Waals surface area contributed by atoms with Crippen LogP contribution in [0.2, 0.25) is 5.02 Å². The molecule has 0 atom stereocenters.